The van der Waals surface area contributed by atoms with Crippen molar-refractivity contribution in [1.29, 1.82) is 0 Å². The predicted octanol–water partition coefficient (Wildman–Crippen LogP) is 0.276. The third kappa shape index (κ3) is 3.01. The summed E-state index contributed by atoms with van der Waals surface area (Å²) in [6, 6.07) is 5.28. The number of nitrogens with zero attached hydrogens (tertiary/aromatic N) is 1. The Balaban J connectivity index is 1.48. The minimum atomic E-state index is -0.569. The maximum atomic E-state index is 13.0. The van der Waals surface area contributed by atoms with Gasteiger partial charge in [-0.3, -0.25) is 19.7 Å². The van der Waals surface area contributed by atoms with Crippen molar-refractivity contribution < 1.29 is 14.4 Å². The smallest absolute Gasteiger partial charge is 0.255 e. The fourth-order valence-electron chi connectivity index (χ4n) is 3.93. The van der Waals surface area contributed by atoms with Gasteiger partial charge >= 0.3 is 0 Å². The lowest BCUT2D eigenvalue weighted by Gasteiger charge is -2.29. The van der Waals surface area contributed by atoms with E-state index in [-0.39, 0.29) is 29.6 Å². The summed E-state index contributed by atoms with van der Waals surface area (Å²) in [5.74, 6) is -0.762. The molecule has 1 aromatic rings. The van der Waals surface area contributed by atoms with Gasteiger partial charge in [0.1, 0.15) is 6.04 Å². The Labute approximate surface area is 152 Å². The zero-order chi connectivity index (χ0) is 18.3. The van der Waals surface area contributed by atoms with E-state index in [4.69, 9.17) is 5.73 Å². The first-order chi connectivity index (χ1) is 12.5. The Morgan fingerprint density at radius 1 is 1.27 bits per heavy atom. The van der Waals surface area contributed by atoms with E-state index in [0.29, 0.717) is 31.6 Å². The van der Waals surface area contributed by atoms with Gasteiger partial charge in [-0.1, -0.05) is 18.2 Å². The van der Waals surface area contributed by atoms with Crippen molar-refractivity contribution in [2.75, 3.05) is 13.1 Å². The van der Waals surface area contributed by atoms with Crippen molar-refractivity contribution in [2.45, 2.75) is 44.8 Å². The SMILES string of the molecule is NCC1(CNCc2cccc3c2C(=O)N(C2CCC(=O)NC2=O)C3)CC1. The summed E-state index contributed by atoms with van der Waals surface area (Å²) in [5.41, 5.74) is 8.65. The molecule has 1 aliphatic carbocycles. The van der Waals surface area contributed by atoms with Gasteiger partial charge in [-0.25, -0.2) is 0 Å². The van der Waals surface area contributed by atoms with Gasteiger partial charge in [0, 0.05) is 31.6 Å². The molecule has 4 N–H and O–H groups in total. The number of carbonyl (C=O) groups is 3. The van der Waals surface area contributed by atoms with Gasteiger partial charge in [-0.15, -0.1) is 0 Å². The van der Waals surface area contributed by atoms with Gasteiger partial charge in [-0.2, -0.15) is 0 Å². The molecule has 7 nitrogen and oxygen atoms in total. The Bertz CT molecular complexity index is 772. The second-order valence-corrected chi connectivity index (χ2v) is 7.66. The summed E-state index contributed by atoms with van der Waals surface area (Å²) in [6.07, 6.45) is 2.97. The zero-order valence-corrected chi connectivity index (χ0v) is 14.7. The van der Waals surface area contributed by atoms with Gasteiger partial charge in [0.25, 0.3) is 5.91 Å². The van der Waals surface area contributed by atoms with Crippen molar-refractivity contribution in [3.8, 4) is 0 Å². The number of hydrogen-bond donors (Lipinski definition) is 3. The van der Waals surface area contributed by atoms with Crippen molar-refractivity contribution in [1.82, 2.24) is 15.5 Å². The van der Waals surface area contributed by atoms with E-state index in [9.17, 15) is 14.4 Å². The monoisotopic (exact) mass is 356 g/mol. The van der Waals surface area contributed by atoms with Crippen molar-refractivity contribution in [3.05, 3.63) is 34.9 Å². The molecule has 4 rings (SSSR count). The molecule has 1 atom stereocenters. The van der Waals surface area contributed by atoms with E-state index in [1.807, 2.05) is 18.2 Å². The average Bonchev–Trinajstić information content (AvgIpc) is 3.33. The van der Waals surface area contributed by atoms with Crippen molar-refractivity contribution in [3.63, 3.8) is 0 Å². The van der Waals surface area contributed by atoms with Gasteiger partial charge in [0.2, 0.25) is 11.8 Å². The molecular formula is C19H24N4O3. The van der Waals surface area contributed by atoms with Gasteiger partial charge in [0.05, 0.1) is 0 Å². The van der Waals surface area contributed by atoms with Crippen LogP contribution in [0.2, 0.25) is 0 Å². The van der Waals surface area contributed by atoms with Gasteiger partial charge in [0.15, 0.2) is 0 Å². The molecule has 0 spiro atoms. The third-order valence-electron chi connectivity index (χ3n) is 5.84. The molecule has 2 aliphatic heterocycles. The number of rotatable bonds is 6. The fraction of sp³-hybridized carbons (Fsp3) is 0.526. The minimum absolute atomic E-state index is 0.119. The topological polar surface area (TPSA) is 105 Å². The van der Waals surface area contributed by atoms with E-state index in [2.05, 4.69) is 10.6 Å². The maximum Gasteiger partial charge on any atom is 0.255 e. The first-order valence-corrected chi connectivity index (χ1v) is 9.19. The van der Waals surface area contributed by atoms with Crippen LogP contribution >= 0.6 is 0 Å². The highest BCUT2D eigenvalue weighted by Crippen LogP contribution is 2.43. The summed E-state index contributed by atoms with van der Waals surface area (Å²) >= 11 is 0. The van der Waals surface area contributed by atoms with Crippen LogP contribution < -0.4 is 16.4 Å². The van der Waals surface area contributed by atoms with E-state index in [0.717, 1.165) is 30.5 Å². The second-order valence-electron chi connectivity index (χ2n) is 7.66. The highest BCUT2D eigenvalue weighted by Gasteiger charge is 2.41. The molecular weight excluding hydrogens is 332 g/mol. The molecule has 2 heterocycles. The van der Waals surface area contributed by atoms with Crippen LogP contribution in [0, 0.1) is 5.41 Å². The Hall–Kier alpha value is -2.25. The lowest BCUT2D eigenvalue weighted by Crippen LogP contribution is -2.52. The molecule has 3 aliphatic rings. The molecule has 1 saturated heterocycles. The summed E-state index contributed by atoms with van der Waals surface area (Å²) in [7, 11) is 0. The average molecular weight is 356 g/mol. The van der Waals surface area contributed by atoms with E-state index in [1.165, 1.54) is 0 Å². The van der Waals surface area contributed by atoms with Crippen molar-refractivity contribution >= 4 is 17.7 Å². The summed E-state index contributed by atoms with van der Waals surface area (Å²) < 4.78 is 0. The molecule has 3 amide bonds. The van der Waals surface area contributed by atoms with E-state index < -0.39 is 6.04 Å². The summed E-state index contributed by atoms with van der Waals surface area (Å²) in [6.45, 7) is 2.58. The predicted molar refractivity (Wildman–Crippen MR) is 94.9 cm³/mol. The molecule has 0 aromatic heterocycles. The third-order valence-corrected chi connectivity index (χ3v) is 5.84. The molecule has 26 heavy (non-hydrogen) atoms. The fourth-order valence-corrected chi connectivity index (χ4v) is 3.93. The maximum absolute atomic E-state index is 13.0. The number of carbonyl (C=O) groups excluding carboxylic acids is 3. The van der Waals surface area contributed by atoms with Crippen LogP contribution in [0.15, 0.2) is 18.2 Å². The Kier molecular flexibility index (Phi) is 4.28. The van der Waals surface area contributed by atoms with Crippen LogP contribution in [-0.2, 0) is 22.7 Å². The second kappa shape index (κ2) is 6.48. The number of imide groups is 1. The molecule has 0 radical (unpaired) electrons. The summed E-state index contributed by atoms with van der Waals surface area (Å²) in [4.78, 5) is 38.1. The van der Waals surface area contributed by atoms with Gasteiger partial charge in [-0.05, 0) is 42.3 Å². The first-order valence-electron chi connectivity index (χ1n) is 9.19. The molecule has 2 fully saturated rings. The highest BCUT2D eigenvalue weighted by atomic mass is 16.2. The summed E-state index contributed by atoms with van der Waals surface area (Å²) in [5, 5.41) is 5.78. The minimum Gasteiger partial charge on any atom is -0.330 e. The van der Waals surface area contributed by atoms with Gasteiger partial charge < -0.3 is 16.0 Å². The van der Waals surface area contributed by atoms with E-state index in [1.54, 1.807) is 4.90 Å². The zero-order valence-electron chi connectivity index (χ0n) is 14.7. The van der Waals surface area contributed by atoms with Crippen LogP contribution in [0.4, 0.5) is 0 Å². The van der Waals surface area contributed by atoms with Crippen LogP contribution in [0.5, 0.6) is 0 Å². The number of amides is 3. The number of nitrogens with two attached hydrogens (primary N) is 1. The highest BCUT2D eigenvalue weighted by molar-refractivity contribution is 6.05. The normalized spacial score (nSPS) is 23.8. The molecule has 1 aromatic carbocycles. The largest absolute Gasteiger partial charge is 0.330 e. The molecule has 138 valence electrons. The standard InChI is InChI=1S/C19H24N4O3/c20-10-19(6-7-19)11-21-8-12-2-1-3-13-9-23(18(26)16(12)13)14-4-5-15(24)22-17(14)25/h1-3,14,21H,4-11,20H2,(H,22,24,25). The number of benzene rings is 1. The van der Waals surface area contributed by atoms with Crippen molar-refractivity contribution in [2.24, 2.45) is 11.1 Å². The Morgan fingerprint density at radius 2 is 2.08 bits per heavy atom. The number of fused-ring (bicyclic) bond motifs is 1. The first kappa shape index (κ1) is 17.2. The quantitative estimate of drug-likeness (QED) is 0.635. The van der Waals surface area contributed by atoms with Crippen LogP contribution in [0.3, 0.4) is 0 Å². The number of hydrogen-bond acceptors (Lipinski definition) is 5. The van der Waals surface area contributed by atoms with Crippen LogP contribution in [0.25, 0.3) is 0 Å². The van der Waals surface area contributed by atoms with E-state index >= 15 is 0 Å². The lowest BCUT2D eigenvalue weighted by molar-refractivity contribution is -0.136. The molecule has 0 bridgehead atoms. The molecule has 1 saturated carbocycles. The lowest BCUT2D eigenvalue weighted by atomic mass is 10.0. The molecule has 7 heteroatoms. The number of piperidine rings is 1. The van der Waals surface area contributed by atoms with Crippen LogP contribution in [0.1, 0.15) is 47.2 Å². The van der Waals surface area contributed by atoms with Crippen LogP contribution in [-0.4, -0.2) is 41.8 Å². The Morgan fingerprint density at radius 3 is 2.77 bits per heavy atom. The number of nitrogens with one attached hydrogen (secondary N) is 2. The molecule has 1 unspecified atom stereocenters.